The zero-order valence-corrected chi connectivity index (χ0v) is 13.8. The normalized spacial score (nSPS) is 17.2. The summed E-state index contributed by atoms with van der Waals surface area (Å²) in [5.41, 5.74) is 4.33. The van der Waals surface area contributed by atoms with Gasteiger partial charge in [-0.3, -0.25) is 4.68 Å². The first-order valence-corrected chi connectivity index (χ1v) is 8.27. The van der Waals surface area contributed by atoms with E-state index < -0.39 is 0 Å². The van der Waals surface area contributed by atoms with Gasteiger partial charge in [0.25, 0.3) is 0 Å². The molecule has 0 saturated carbocycles. The minimum absolute atomic E-state index is 0.0707. The predicted octanol–water partition coefficient (Wildman–Crippen LogP) is 3.21. The van der Waals surface area contributed by atoms with Crippen LogP contribution in [0.2, 0.25) is 0 Å². The van der Waals surface area contributed by atoms with Gasteiger partial charge in [-0.2, -0.15) is 5.10 Å². The SMILES string of the molecule is Cc1c(NC(C)c2cccc(CO)c2)cnn1C1CCOCC1. The Morgan fingerprint density at radius 2 is 2.17 bits per heavy atom. The van der Waals surface area contributed by atoms with Crippen LogP contribution in [0.1, 0.15) is 48.7 Å². The maximum atomic E-state index is 9.28. The third-order valence-corrected chi connectivity index (χ3v) is 4.59. The lowest BCUT2D eigenvalue weighted by molar-refractivity contribution is 0.0657. The predicted molar refractivity (Wildman–Crippen MR) is 90.5 cm³/mol. The lowest BCUT2D eigenvalue weighted by atomic mass is 10.1. The van der Waals surface area contributed by atoms with Crippen molar-refractivity contribution in [2.45, 2.75) is 45.4 Å². The number of aliphatic hydroxyl groups is 1. The number of ether oxygens (including phenoxy) is 1. The first-order chi connectivity index (χ1) is 11.2. The fourth-order valence-corrected chi connectivity index (χ4v) is 3.14. The Bertz CT molecular complexity index is 647. The van der Waals surface area contributed by atoms with Crippen LogP contribution in [0.5, 0.6) is 0 Å². The number of aliphatic hydroxyl groups excluding tert-OH is 1. The van der Waals surface area contributed by atoms with E-state index in [0.29, 0.717) is 6.04 Å². The molecule has 2 heterocycles. The fourth-order valence-electron chi connectivity index (χ4n) is 3.14. The molecule has 1 aromatic heterocycles. The average Bonchev–Trinajstić information content (AvgIpc) is 2.96. The van der Waals surface area contributed by atoms with Crippen molar-refractivity contribution in [3.63, 3.8) is 0 Å². The molecule has 5 nitrogen and oxygen atoms in total. The summed E-state index contributed by atoms with van der Waals surface area (Å²) in [5, 5.41) is 17.4. The molecule has 0 spiro atoms. The zero-order valence-electron chi connectivity index (χ0n) is 13.8. The highest BCUT2D eigenvalue weighted by molar-refractivity contribution is 5.48. The third kappa shape index (κ3) is 3.57. The number of anilines is 1. The Labute approximate surface area is 137 Å². The van der Waals surface area contributed by atoms with Crippen LogP contribution in [-0.4, -0.2) is 28.1 Å². The van der Waals surface area contributed by atoms with Gasteiger partial charge in [0, 0.05) is 19.3 Å². The molecule has 23 heavy (non-hydrogen) atoms. The van der Waals surface area contributed by atoms with Gasteiger partial charge >= 0.3 is 0 Å². The van der Waals surface area contributed by atoms with Crippen LogP contribution in [0.4, 0.5) is 5.69 Å². The Morgan fingerprint density at radius 3 is 2.91 bits per heavy atom. The van der Waals surface area contributed by atoms with Gasteiger partial charge in [0.05, 0.1) is 30.2 Å². The molecule has 1 unspecified atom stereocenters. The molecular weight excluding hydrogens is 290 g/mol. The molecule has 2 aromatic rings. The monoisotopic (exact) mass is 315 g/mol. The largest absolute Gasteiger partial charge is 0.392 e. The first-order valence-electron chi connectivity index (χ1n) is 8.27. The Kier molecular flexibility index (Phi) is 4.98. The Morgan fingerprint density at radius 1 is 1.39 bits per heavy atom. The maximum absolute atomic E-state index is 9.28. The number of hydrogen-bond donors (Lipinski definition) is 2. The van der Waals surface area contributed by atoms with Crippen LogP contribution in [0.3, 0.4) is 0 Å². The van der Waals surface area contributed by atoms with Crippen molar-refractivity contribution < 1.29 is 9.84 Å². The van der Waals surface area contributed by atoms with E-state index in [9.17, 15) is 5.11 Å². The second-order valence-electron chi connectivity index (χ2n) is 6.20. The van der Waals surface area contributed by atoms with Crippen molar-refractivity contribution >= 4 is 5.69 Å². The van der Waals surface area contributed by atoms with E-state index in [0.717, 1.165) is 42.9 Å². The Balaban J connectivity index is 1.73. The summed E-state index contributed by atoms with van der Waals surface area (Å²) in [7, 11) is 0. The molecular formula is C18H25N3O2. The quantitative estimate of drug-likeness (QED) is 0.889. The van der Waals surface area contributed by atoms with Crippen molar-refractivity contribution in [2.75, 3.05) is 18.5 Å². The molecule has 2 N–H and O–H groups in total. The summed E-state index contributed by atoms with van der Waals surface area (Å²) in [6, 6.07) is 8.63. The molecule has 1 aliphatic heterocycles. The number of nitrogens with zero attached hydrogens (tertiary/aromatic N) is 2. The molecule has 5 heteroatoms. The van der Waals surface area contributed by atoms with Crippen LogP contribution >= 0.6 is 0 Å². The number of hydrogen-bond acceptors (Lipinski definition) is 4. The van der Waals surface area contributed by atoms with Gasteiger partial charge in [0.15, 0.2) is 0 Å². The molecule has 0 bridgehead atoms. The minimum atomic E-state index is 0.0707. The number of nitrogens with one attached hydrogen (secondary N) is 1. The van der Waals surface area contributed by atoms with Crippen LogP contribution in [-0.2, 0) is 11.3 Å². The highest BCUT2D eigenvalue weighted by atomic mass is 16.5. The van der Waals surface area contributed by atoms with Crippen molar-refractivity contribution in [3.8, 4) is 0 Å². The van der Waals surface area contributed by atoms with E-state index in [4.69, 9.17) is 4.74 Å². The number of aromatic nitrogens is 2. The summed E-state index contributed by atoms with van der Waals surface area (Å²) in [6.45, 7) is 5.94. The third-order valence-electron chi connectivity index (χ3n) is 4.59. The summed E-state index contributed by atoms with van der Waals surface area (Å²) in [4.78, 5) is 0. The summed E-state index contributed by atoms with van der Waals surface area (Å²) >= 11 is 0. The van der Waals surface area contributed by atoms with Gasteiger partial charge in [0.2, 0.25) is 0 Å². The minimum Gasteiger partial charge on any atom is -0.392 e. The molecule has 0 amide bonds. The number of benzene rings is 1. The molecule has 1 fully saturated rings. The summed E-state index contributed by atoms with van der Waals surface area (Å²) in [6.07, 6.45) is 3.96. The fraction of sp³-hybridized carbons (Fsp3) is 0.500. The maximum Gasteiger partial charge on any atom is 0.0761 e. The molecule has 0 radical (unpaired) electrons. The highest BCUT2D eigenvalue weighted by Gasteiger charge is 2.20. The summed E-state index contributed by atoms with van der Waals surface area (Å²) < 4.78 is 7.56. The van der Waals surface area contributed by atoms with Crippen LogP contribution in [0.25, 0.3) is 0 Å². The van der Waals surface area contributed by atoms with E-state index in [2.05, 4.69) is 35.0 Å². The van der Waals surface area contributed by atoms with Crippen molar-refractivity contribution in [1.82, 2.24) is 9.78 Å². The lowest BCUT2D eigenvalue weighted by Crippen LogP contribution is -2.21. The van der Waals surface area contributed by atoms with E-state index in [1.54, 1.807) is 0 Å². The standard InChI is InChI=1S/C18H25N3O2/c1-13(16-5-3-4-15(10-16)12-22)20-18-11-19-21(14(18)2)17-6-8-23-9-7-17/h3-5,10-11,13,17,20,22H,6-9,12H2,1-2H3. The lowest BCUT2D eigenvalue weighted by Gasteiger charge is -2.24. The van der Waals surface area contributed by atoms with E-state index in [-0.39, 0.29) is 12.6 Å². The van der Waals surface area contributed by atoms with Crippen molar-refractivity contribution in [1.29, 1.82) is 0 Å². The molecule has 1 atom stereocenters. The van der Waals surface area contributed by atoms with Gasteiger partial charge in [-0.1, -0.05) is 24.3 Å². The molecule has 1 saturated heterocycles. The van der Waals surface area contributed by atoms with Crippen molar-refractivity contribution in [2.24, 2.45) is 0 Å². The average molecular weight is 315 g/mol. The first kappa shape index (κ1) is 16.0. The van der Waals surface area contributed by atoms with E-state index in [1.165, 1.54) is 5.69 Å². The van der Waals surface area contributed by atoms with E-state index in [1.807, 2.05) is 24.4 Å². The van der Waals surface area contributed by atoms with Gasteiger partial charge in [-0.05, 0) is 37.8 Å². The second kappa shape index (κ2) is 7.15. The summed E-state index contributed by atoms with van der Waals surface area (Å²) in [5.74, 6) is 0. The highest BCUT2D eigenvalue weighted by Crippen LogP contribution is 2.27. The van der Waals surface area contributed by atoms with Gasteiger partial charge in [0.1, 0.15) is 0 Å². The molecule has 1 aliphatic rings. The smallest absolute Gasteiger partial charge is 0.0761 e. The van der Waals surface area contributed by atoms with Crippen molar-refractivity contribution in [3.05, 3.63) is 47.3 Å². The molecule has 124 valence electrons. The number of rotatable bonds is 5. The zero-order chi connectivity index (χ0) is 16.2. The van der Waals surface area contributed by atoms with Crippen LogP contribution in [0, 0.1) is 6.92 Å². The van der Waals surface area contributed by atoms with E-state index >= 15 is 0 Å². The van der Waals surface area contributed by atoms with Gasteiger partial charge < -0.3 is 15.2 Å². The molecule has 1 aromatic carbocycles. The van der Waals surface area contributed by atoms with Crippen LogP contribution < -0.4 is 5.32 Å². The Hall–Kier alpha value is -1.85. The topological polar surface area (TPSA) is 59.3 Å². The molecule has 3 rings (SSSR count). The van der Waals surface area contributed by atoms with Gasteiger partial charge in [-0.15, -0.1) is 0 Å². The second-order valence-corrected chi connectivity index (χ2v) is 6.20. The van der Waals surface area contributed by atoms with Gasteiger partial charge in [-0.25, -0.2) is 0 Å². The molecule has 0 aliphatic carbocycles. The van der Waals surface area contributed by atoms with Crippen LogP contribution in [0.15, 0.2) is 30.5 Å².